The van der Waals surface area contributed by atoms with Gasteiger partial charge in [0.15, 0.2) is 0 Å². The molecule has 2 heteroatoms. The molecule has 0 amide bonds. The van der Waals surface area contributed by atoms with E-state index >= 15 is 0 Å². The topological polar surface area (TPSA) is 0 Å². The van der Waals surface area contributed by atoms with Crippen molar-refractivity contribution in [2.75, 3.05) is 0 Å². The summed E-state index contributed by atoms with van der Waals surface area (Å²) < 4.78 is 13.2. The Kier molecular flexibility index (Phi) is 4.37. The van der Waals surface area contributed by atoms with E-state index < -0.39 is 0 Å². The van der Waals surface area contributed by atoms with Gasteiger partial charge in [-0.05, 0) is 35.4 Å². The molecule has 0 aliphatic carbocycles. The highest BCUT2D eigenvalue weighted by molar-refractivity contribution is 7.99. The molecule has 3 aromatic carbocycles. The predicted octanol–water partition coefficient (Wildman–Crippen LogP) is 5.71. The summed E-state index contributed by atoms with van der Waals surface area (Å²) in [5.41, 5.74) is 2.33. The zero-order chi connectivity index (χ0) is 14.5. The molecule has 0 aromatic heterocycles. The lowest BCUT2D eigenvalue weighted by Gasteiger charge is -2.17. The second-order valence-electron chi connectivity index (χ2n) is 4.77. The third-order valence-corrected chi connectivity index (χ3v) is 4.60. The molecule has 0 heterocycles. The Morgan fingerprint density at radius 2 is 1.14 bits per heavy atom. The van der Waals surface area contributed by atoms with Gasteiger partial charge in [0.2, 0.25) is 0 Å². The summed E-state index contributed by atoms with van der Waals surface area (Å²) in [5.74, 6) is -0.199. The van der Waals surface area contributed by atoms with E-state index in [1.807, 2.05) is 48.5 Å². The molecule has 0 nitrogen and oxygen atoms in total. The number of benzene rings is 3. The second-order valence-corrected chi connectivity index (χ2v) is 5.95. The van der Waals surface area contributed by atoms with Crippen LogP contribution < -0.4 is 0 Å². The van der Waals surface area contributed by atoms with Crippen LogP contribution in [-0.2, 0) is 0 Å². The Bertz CT molecular complexity index is 678. The first-order valence-electron chi connectivity index (χ1n) is 6.85. The van der Waals surface area contributed by atoms with Gasteiger partial charge in [-0.3, -0.25) is 0 Å². The summed E-state index contributed by atoms with van der Waals surface area (Å²) in [6.45, 7) is 0. The summed E-state index contributed by atoms with van der Waals surface area (Å²) in [6, 6.07) is 27.4. The van der Waals surface area contributed by atoms with E-state index in [-0.39, 0.29) is 11.1 Å². The smallest absolute Gasteiger partial charge is 0.123 e. The lowest BCUT2D eigenvalue weighted by molar-refractivity contribution is 0.627. The van der Waals surface area contributed by atoms with Crippen LogP contribution in [0.5, 0.6) is 0 Å². The predicted molar refractivity (Wildman–Crippen MR) is 87.0 cm³/mol. The summed E-state index contributed by atoms with van der Waals surface area (Å²) in [5, 5.41) is 0.161. The van der Waals surface area contributed by atoms with Gasteiger partial charge >= 0.3 is 0 Å². The van der Waals surface area contributed by atoms with Crippen LogP contribution in [0.1, 0.15) is 16.4 Å². The molecule has 0 saturated heterocycles. The van der Waals surface area contributed by atoms with E-state index in [2.05, 4.69) is 24.3 Å². The molecule has 0 aliphatic rings. The Morgan fingerprint density at radius 1 is 0.619 bits per heavy atom. The minimum absolute atomic E-state index is 0.161. The molecule has 0 fully saturated rings. The van der Waals surface area contributed by atoms with Crippen molar-refractivity contribution in [3.05, 3.63) is 102 Å². The maximum Gasteiger partial charge on any atom is 0.123 e. The van der Waals surface area contributed by atoms with E-state index in [1.165, 1.54) is 22.6 Å². The van der Waals surface area contributed by atoms with E-state index in [1.54, 1.807) is 11.8 Å². The number of thioether (sulfide) groups is 1. The summed E-state index contributed by atoms with van der Waals surface area (Å²) in [4.78, 5) is 1.20. The average molecular weight is 294 g/mol. The van der Waals surface area contributed by atoms with Crippen molar-refractivity contribution < 1.29 is 4.39 Å². The van der Waals surface area contributed by atoms with Crippen LogP contribution in [0, 0.1) is 5.82 Å². The average Bonchev–Trinajstić information content (AvgIpc) is 2.55. The van der Waals surface area contributed by atoms with E-state index in [0.717, 1.165) is 5.56 Å². The summed E-state index contributed by atoms with van der Waals surface area (Å²) in [6.07, 6.45) is 0. The molecule has 0 saturated carbocycles. The van der Waals surface area contributed by atoms with E-state index in [0.29, 0.717) is 0 Å². The highest BCUT2D eigenvalue weighted by atomic mass is 32.2. The molecule has 3 rings (SSSR count). The fourth-order valence-electron chi connectivity index (χ4n) is 2.23. The Hall–Kier alpha value is -2.06. The third-order valence-electron chi connectivity index (χ3n) is 3.27. The first-order chi connectivity index (χ1) is 10.3. The van der Waals surface area contributed by atoms with Crippen LogP contribution in [0.25, 0.3) is 0 Å². The van der Waals surface area contributed by atoms with Gasteiger partial charge in [0.05, 0.1) is 5.25 Å². The number of hydrogen-bond donors (Lipinski definition) is 0. The van der Waals surface area contributed by atoms with Gasteiger partial charge in [-0.1, -0.05) is 60.7 Å². The first kappa shape index (κ1) is 13.9. The largest absolute Gasteiger partial charge is 0.207 e. The lowest BCUT2D eigenvalue weighted by Crippen LogP contribution is -1.96. The van der Waals surface area contributed by atoms with Crippen LogP contribution in [0.3, 0.4) is 0 Å². The van der Waals surface area contributed by atoms with Crippen molar-refractivity contribution in [1.82, 2.24) is 0 Å². The Labute approximate surface area is 128 Å². The monoisotopic (exact) mass is 294 g/mol. The van der Waals surface area contributed by atoms with E-state index in [4.69, 9.17) is 0 Å². The van der Waals surface area contributed by atoms with Crippen molar-refractivity contribution in [3.8, 4) is 0 Å². The normalized spacial score (nSPS) is 12.0. The van der Waals surface area contributed by atoms with Crippen molar-refractivity contribution >= 4 is 11.8 Å². The molecule has 1 atom stereocenters. The molecule has 21 heavy (non-hydrogen) atoms. The van der Waals surface area contributed by atoms with Gasteiger partial charge in [0, 0.05) is 4.90 Å². The molecule has 0 aliphatic heterocycles. The van der Waals surface area contributed by atoms with Crippen molar-refractivity contribution in [2.45, 2.75) is 10.1 Å². The molecule has 0 bridgehead atoms. The Balaban J connectivity index is 1.97. The standard InChI is InChI=1S/C19H15FS/c20-17-13-11-16(12-14-17)19(15-7-3-1-4-8-15)21-18-9-5-2-6-10-18/h1-14,19H. The molecule has 0 N–H and O–H groups in total. The molecular weight excluding hydrogens is 279 g/mol. The highest BCUT2D eigenvalue weighted by Crippen LogP contribution is 2.40. The van der Waals surface area contributed by atoms with Crippen molar-refractivity contribution in [2.24, 2.45) is 0 Å². The second kappa shape index (κ2) is 6.59. The maximum absolute atomic E-state index is 13.2. The van der Waals surface area contributed by atoms with Crippen LogP contribution in [0.4, 0.5) is 4.39 Å². The zero-order valence-corrected chi connectivity index (χ0v) is 12.3. The fraction of sp³-hybridized carbons (Fsp3) is 0.0526. The van der Waals surface area contributed by atoms with E-state index in [9.17, 15) is 4.39 Å². The quantitative estimate of drug-likeness (QED) is 0.556. The maximum atomic E-state index is 13.2. The van der Waals surface area contributed by atoms with Crippen LogP contribution in [0.2, 0.25) is 0 Å². The lowest BCUT2D eigenvalue weighted by atomic mass is 10.0. The van der Waals surface area contributed by atoms with Crippen molar-refractivity contribution in [3.63, 3.8) is 0 Å². The van der Waals surface area contributed by atoms with Gasteiger partial charge in [-0.2, -0.15) is 0 Å². The van der Waals surface area contributed by atoms with Gasteiger partial charge in [-0.15, -0.1) is 11.8 Å². The molecule has 3 aromatic rings. The van der Waals surface area contributed by atoms with Gasteiger partial charge < -0.3 is 0 Å². The SMILES string of the molecule is Fc1ccc(C(Sc2ccccc2)c2ccccc2)cc1. The summed E-state index contributed by atoms with van der Waals surface area (Å²) in [7, 11) is 0. The molecule has 0 spiro atoms. The molecule has 0 radical (unpaired) electrons. The van der Waals surface area contributed by atoms with Crippen molar-refractivity contribution in [1.29, 1.82) is 0 Å². The molecular formula is C19H15FS. The van der Waals surface area contributed by atoms with Crippen LogP contribution >= 0.6 is 11.8 Å². The molecule has 104 valence electrons. The first-order valence-corrected chi connectivity index (χ1v) is 7.73. The van der Waals surface area contributed by atoms with Gasteiger partial charge in [0.1, 0.15) is 5.82 Å². The van der Waals surface area contributed by atoms with Gasteiger partial charge in [0.25, 0.3) is 0 Å². The third kappa shape index (κ3) is 3.53. The number of rotatable bonds is 4. The number of halogens is 1. The molecule has 1 unspecified atom stereocenters. The highest BCUT2D eigenvalue weighted by Gasteiger charge is 2.15. The van der Waals surface area contributed by atoms with Gasteiger partial charge in [-0.25, -0.2) is 4.39 Å². The number of hydrogen-bond acceptors (Lipinski definition) is 1. The van der Waals surface area contributed by atoms with Crippen LogP contribution in [-0.4, -0.2) is 0 Å². The Morgan fingerprint density at radius 3 is 1.76 bits per heavy atom. The minimum atomic E-state index is -0.199. The van der Waals surface area contributed by atoms with Crippen LogP contribution in [0.15, 0.2) is 89.8 Å². The summed E-state index contributed by atoms with van der Waals surface area (Å²) >= 11 is 1.78. The zero-order valence-electron chi connectivity index (χ0n) is 11.4. The minimum Gasteiger partial charge on any atom is -0.207 e. The fourth-order valence-corrected chi connectivity index (χ4v) is 3.40.